The minimum Gasteiger partial charge on any atom is -0.385 e. The van der Waals surface area contributed by atoms with Crippen molar-refractivity contribution in [3.63, 3.8) is 0 Å². The number of aromatic nitrogens is 1. The van der Waals surface area contributed by atoms with E-state index in [4.69, 9.17) is 17.3 Å². The van der Waals surface area contributed by atoms with Crippen molar-refractivity contribution >= 4 is 17.4 Å². The Hall–Kier alpha value is -1.74. The van der Waals surface area contributed by atoms with E-state index in [-0.39, 0.29) is 5.56 Å². The highest BCUT2D eigenvalue weighted by Gasteiger charge is 1.99. The number of rotatable bonds is 3. The van der Waals surface area contributed by atoms with Crippen LogP contribution in [-0.2, 0) is 12.8 Å². The molecule has 2 aromatic rings. The van der Waals surface area contributed by atoms with E-state index in [0.29, 0.717) is 5.82 Å². The second-order valence-electron chi connectivity index (χ2n) is 3.94. The van der Waals surface area contributed by atoms with Crippen LogP contribution in [0.1, 0.15) is 11.1 Å². The van der Waals surface area contributed by atoms with Gasteiger partial charge in [-0.2, -0.15) is 0 Å². The Morgan fingerprint density at radius 2 is 1.88 bits per heavy atom. The molecule has 3 nitrogen and oxygen atoms in total. The molecule has 0 radical (unpaired) electrons. The van der Waals surface area contributed by atoms with Gasteiger partial charge in [-0.25, -0.2) is 0 Å². The van der Waals surface area contributed by atoms with E-state index >= 15 is 0 Å². The molecule has 88 valence electrons. The van der Waals surface area contributed by atoms with Crippen molar-refractivity contribution in [2.45, 2.75) is 12.8 Å². The molecule has 0 aliphatic carbocycles. The molecule has 0 unspecified atom stereocenters. The van der Waals surface area contributed by atoms with Gasteiger partial charge in [0.25, 0.3) is 0 Å². The molecule has 1 aromatic heterocycles. The minimum absolute atomic E-state index is 0.161. The molecule has 0 atom stereocenters. The smallest absolute Gasteiger partial charge is 0.249 e. The summed E-state index contributed by atoms with van der Waals surface area (Å²) in [5.41, 5.74) is 7.50. The van der Waals surface area contributed by atoms with E-state index in [1.54, 1.807) is 12.1 Å². The lowest BCUT2D eigenvalue weighted by Crippen LogP contribution is -2.09. The zero-order valence-electron chi connectivity index (χ0n) is 9.24. The lowest BCUT2D eigenvalue weighted by molar-refractivity contribution is 0.952. The second-order valence-corrected chi connectivity index (χ2v) is 4.37. The van der Waals surface area contributed by atoms with Gasteiger partial charge in [0.15, 0.2) is 0 Å². The molecule has 4 heteroatoms. The first kappa shape index (κ1) is 11.7. The predicted octanol–water partition coefficient (Wildman–Crippen LogP) is 2.40. The molecular formula is C13H13ClN2O. The number of benzene rings is 1. The molecule has 3 N–H and O–H groups in total. The van der Waals surface area contributed by atoms with Crippen LogP contribution in [0, 0.1) is 0 Å². The van der Waals surface area contributed by atoms with Gasteiger partial charge in [-0.05, 0) is 42.2 Å². The quantitative estimate of drug-likeness (QED) is 0.876. The number of nitrogen functional groups attached to an aromatic ring is 1. The van der Waals surface area contributed by atoms with Crippen LogP contribution in [0.15, 0.2) is 41.2 Å². The molecule has 0 amide bonds. The average molecular weight is 249 g/mol. The minimum atomic E-state index is -0.161. The topological polar surface area (TPSA) is 58.9 Å². The Morgan fingerprint density at radius 1 is 1.12 bits per heavy atom. The van der Waals surface area contributed by atoms with Crippen LogP contribution in [0.25, 0.3) is 0 Å². The van der Waals surface area contributed by atoms with Crippen LogP contribution >= 0.6 is 11.6 Å². The second kappa shape index (κ2) is 5.06. The van der Waals surface area contributed by atoms with Gasteiger partial charge in [0, 0.05) is 11.1 Å². The molecule has 1 aromatic carbocycles. The average Bonchev–Trinajstić information content (AvgIpc) is 2.25. The number of pyridine rings is 1. The highest BCUT2D eigenvalue weighted by atomic mass is 35.5. The third-order valence-corrected chi connectivity index (χ3v) is 2.75. The lowest BCUT2D eigenvalue weighted by atomic mass is 10.1. The molecule has 0 saturated heterocycles. The van der Waals surface area contributed by atoms with Gasteiger partial charge in [0.2, 0.25) is 5.56 Å². The normalized spacial score (nSPS) is 10.4. The number of aryl methyl sites for hydroxylation is 2. The van der Waals surface area contributed by atoms with Crippen molar-refractivity contribution in [1.29, 1.82) is 0 Å². The zero-order chi connectivity index (χ0) is 12.3. The van der Waals surface area contributed by atoms with E-state index < -0.39 is 0 Å². The summed E-state index contributed by atoms with van der Waals surface area (Å²) in [4.78, 5) is 13.7. The molecule has 0 aliphatic rings. The van der Waals surface area contributed by atoms with Crippen molar-refractivity contribution in [2.24, 2.45) is 0 Å². The third-order valence-electron chi connectivity index (χ3n) is 2.52. The third kappa shape index (κ3) is 3.36. The van der Waals surface area contributed by atoms with Crippen molar-refractivity contribution in [1.82, 2.24) is 4.98 Å². The SMILES string of the molecule is Nc1cc(CCc2cccc(Cl)c2)cc(=O)[nH]1. The number of nitrogens with two attached hydrogens (primary N) is 1. The van der Waals surface area contributed by atoms with Crippen LogP contribution in [0.2, 0.25) is 5.02 Å². The summed E-state index contributed by atoms with van der Waals surface area (Å²) >= 11 is 5.90. The fraction of sp³-hybridized carbons (Fsp3) is 0.154. The maximum Gasteiger partial charge on any atom is 0.249 e. The number of aromatic amines is 1. The summed E-state index contributed by atoms with van der Waals surface area (Å²) in [6.07, 6.45) is 1.61. The monoisotopic (exact) mass is 248 g/mol. The van der Waals surface area contributed by atoms with Crippen molar-refractivity contribution in [2.75, 3.05) is 5.73 Å². The van der Waals surface area contributed by atoms with Gasteiger partial charge >= 0.3 is 0 Å². The van der Waals surface area contributed by atoms with Gasteiger partial charge in [0.1, 0.15) is 5.82 Å². The Bertz CT molecular complexity index is 578. The van der Waals surface area contributed by atoms with Gasteiger partial charge in [-0.1, -0.05) is 23.7 Å². The Morgan fingerprint density at radius 3 is 2.59 bits per heavy atom. The largest absolute Gasteiger partial charge is 0.385 e. The maximum absolute atomic E-state index is 11.2. The number of nitrogens with one attached hydrogen (secondary N) is 1. The summed E-state index contributed by atoms with van der Waals surface area (Å²) in [6, 6.07) is 11.1. The lowest BCUT2D eigenvalue weighted by Gasteiger charge is -2.03. The van der Waals surface area contributed by atoms with Crippen LogP contribution < -0.4 is 11.3 Å². The fourth-order valence-electron chi connectivity index (χ4n) is 1.75. The Kier molecular flexibility index (Phi) is 3.49. The van der Waals surface area contributed by atoms with Crippen LogP contribution in [0.3, 0.4) is 0 Å². The molecule has 0 aliphatic heterocycles. The summed E-state index contributed by atoms with van der Waals surface area (Å²) in [5, 5.41) is 0.730. The maximum atomic E-state index is 11.2. The van der Waals surface area contributed by atoms with Gasteiger partial charge in [-0.3, -0.25) is 4.79 Å². The number of H-pyrrole nitrogens is 1. The summed E-state index contributed by atoms with van der Waals surface area (Å²) in [7, 11) is 0. The van der Waals surface area contributed by atoms with Crippen LogP contribution in [-0.4, -0.2) is 4.98 Å². The fourth-order valence-corrected chi connectivity index (χ4v) is 1.96. The van der Waals surface area contributed by atoms with Crippen LogP contribution in [0.5, 0.6) is 0 Å². The van der Waals surface area contributed by atoms with Gasteiger partial charge in [-0.15, -0.1) is 0 Å². The first-order chi connectivity index (χ1) is 8.13. The molecule has 1 heterocycles. The summed E-state index contributed by atoms with van der Waals surface area (Å²) in [5.74, 6) is 0.401. The number of halogens is 1. The highest BCUT2D eigenvalue weighted by molar-refractivity contribution is 6.30. The van der Waals surface area contributed by atoms with Crippen molar-refractivity contribution < 1.29 is 0 Å². The number of anilines is 1. The molecule has 0 fully saturated rings. The van der Waals surface area contributed by atoms with E-state index in [9.17, 15) is 4.79 Å². The molecule has 0 spiro atoms. The van der Waals surface area contributed by atoms with E-state index in [2.05, 4.69) is 4.98 Å². The first-order valence-electron chi connectivity index (χ1n) is 5.36. The van der Waals surface area contributed by atoms with Crippen LogP contribution in [0.4, 0.5) is 5.82 Å². The Balaban J connectivity index is 2.09. The summed E-state index contributed by atoms with van der Waals surface area (Å²) < 4.78 is 0. The molecule has 0 saturated carbocycles. The molecule has 2 rings (SSSR count). The van der Waals surface area contributed by atoms with E-state index in [1.807, 2.05) is 24.3 Å². The molecule has 0 bridgehead atoms. The van der Waals surface area contributed by atoms with Crippen molar-refractivity contribution in [3.8, 4) is 0 Å². The number of hydrogen-bond donors (Lipinski definition) is 2. The van der Waals surface area contributed by atoms with E-state index in [1.165, 1.54) is 0 Å². The van der Waals surface area contributed by atoms with E-state index in [0.717, 1.165) is 29.0 Å². The predicted molar refractivity (Wildman–Crippen MR) is 70.3 cm³/mol. The zero-order valence-corrected chi connectivity index (χ0v) is 10.00. The molecule has 17 heavy (non-hydrogen) atoms. The Labute approximate surface area is 104 Å². The summed E-state index contributed by atoms with van der Waals surface area (Å²) in [6.45, 7) is 0. The van der Waals surface area contributed by atoms with Gasteiger partial charge in [0.05, 0.1) is 0 Å². The first-order valence-corrected chi connectivity index (χ1v) is 5.74. The van der Waals surface area contributed by atoms with Gasteiger partial charge < -0.3 is 10.7 Å². The highest BCUT2D eigenvalue weighted by Crippen LogP contribution is 2.13. The standard InChI is InChI=1S/C13H13ClN2O/c14-11-3-1-2-9(6-11)4-5-10-7-12(15)16-13(17)8-10/h1-3,6-8H,4-5H2,(H3,15,16,17). The van der Waals surface area contributed by atoms with Crippen molar-refractivity contribution in [3.05, 3.63) is 62.9 Å². The molecular weight excluding hydrogens is 236 g/mol. The number of hydrogen-bond acceptors (Lipinski definition) is 2.